The molecular weight excluding hydrogens is 178 g/mol. The van der Waals surface area contributed by atoms with Crippen molar-refractivity contribution in [3.8, 4) is 6.07 Å². The Labute approximate surface area is 83.1 Å². The largest absolute Gasteiger partial charge is 0.292 e. The van der Waals surface area contributed by atoms with Gasteiger partial charge in [0.1, 0.15) is 5.69 Å². The summed E-state index contributed by atoms with van der Waals surface area (Å²) in [5, 5.41) is 12.4. The Morgan fingerprint density at radius 1 is 1.71 bits per heavy atom. The second-order valence-electron chi connectivity index (χ2n) is 3.02. The van der Waals surface area contributed by atoms with E-state index in [9.17, 15) is 4.79 Å². The number of aromatic nitrogens is 2. The van der Waals surface area contributed by atoms with Gasteiger partial charge in [0.25, 0.3) is 0 Å². The number of nitrogens with zero attached hydrogens (tertiary/aromatic N) is 3. The summed E-state index contributed by atoms with van der Waals surface area (Å²) in [6, 6.07) is 3.67. The van der Waals surface area contributed by atoms with E-state index in [1.54, 1.807) is 16.9 Å². The maximum Gasteiger partial charge on any atom is 0.181 e. The molecule has 0 bridgehead atoms. The van der Waals surface area contributed by atoms with E-state index in [4.69, 9.17) is 5.26 Å². The molecular formula is C10H13N3O. The minimum atomic E-state index is -0.00231. The van der Waals surface area contributed by atoms with Crippen LogP contribution in [0, 0.1) is 11.3 Å². The number of carbonyl (C=O) groups is 1. The number of hydrogen-bond acceptors (Lipinski definition) is 3. The van der Waals surface area contributed by atoms with E-state index < -0.39 is 0 Å². The Bertz CT molecular complexity index is 348. The van der Waals surface area contributed by atoms with Crippen molar-refractivity contribution in [1.29, 1.82) is 5.26 Å². The predicted octanol–water partition coefficient (Wildman–Crippen LogP) is 1.78. The fourth-order valence-corrected chi connectivity index (χ4v) is 1.26. The standard InChI is InChI=1S/C10H13N3O/c1-2-8-13-9(5-7-12-13)10(14)4-3-6-11/h5,7H,2-4,8H2,1H3. The fourth-order valence-electron chi connectivity index (χ4n) is 1.26. The highest BCUT2D eigenvalue weighted by Crippen LogP contribution is 2.05. The molecule has 0 aliphatic carbocycles. The second-order valence-corrected chi connectivity index (χ2v) is 3.02. The Kier molecular flexibility index (Phi) is 3.86. The minimum absolute atomic E-state index is 0.00231. The van der Waals surface area contributed by atoms with E-state index in [0.717, 1.165) is 13.0 Å². The molecule has 0 amide bonds. The molecule has 1 aromatic heterocycles. The average Bonchev–Trinajstić information content (AvgIpc) is 2.63. The third-order valence-corrected chi connectivity index (χ3v) is 1.90. The van der Waals surface area contributed by atoms with Crippen LogP contribution in [0.5, 0.6) is 0 Å². The maximum atomic E-state index is 11.5. The van der Waals surface area contributed by atoms with Crippen LogP contribution in [-0.4, -0.2) is 15.6 Å². The fraction of sp³-hybridized carbons (Fsp3) is 0.500. The van der Waals surface area contributed by atoms with Gasteiger partial charge in [-0.25, -0.2) is 0 Å². The van der Waals surface area contributed by atoms with Gasteiger partial charge in [0.05, 0.1) is 6.07 Å². The molecule has 0 atom stereocenters. The first-order valence-electron chi connectivity index (χ1n) is 4.71. The lowest BCUT2D eigenvalue weighted by atomic mass is 10.2. The normalized spacial score (nSPS) is 9.71. The first-order chi connectivity index (χ1) is 6.79. The van der Waals surface area contributed by atoms with Crippen molar-refractivity contribution in [3.05, 3.63) is 18.0 Å². The summed E-state index contributed by atoms with van der Waals surface area (Å²) in [5.74, 6) is -0.00231. The molecule has 0 radical (unpaired) electrons. The van der Waals surface area contributed by atoms with Crippen LogP contribution in [0.3, 0.4) is 0 Å². The molecule has 0 aromatic carbocycles. The molecule has 0 unspecified atom stereocenters. The average molecular weight is 191 g/mol. The summed E-state index contributed by atoms with van der Waals surface area (Å²) in [5.41, 5.74) is 0.613. The molecule has 1 rings (SSSR count). The van der Waals surface area contributed by atoms with Crippen molar-refractivity contribution < 1.29 is 4.79 Å². The minimum Gasteiger partial charge on any atom is -0.292 e. The number of nitriles is 1. The highest BCUT2D eigenvalue weighted by Gasteiger charge is 2.10. The summed E-state index contributed by atoms with van der Waals surface area (Å²) >= 11 is 0. The molecule has 0 aliphatic heterocycles. The zero-order chi connectivity index (χ0) is 10.4. The molecule has 1 heterocycles. The quantitative estimate of drug-likeness (QED) is 0.666. The molecule has 0 saturated carbocycles. The second kappa shape index (κ2) is 5.18. The van der Waals surface area contributed by atoms with Crippen LogP contribution < -0.4 is 0 Å². The van der Waals surface area contributed by atoms with Crippen molar-refractivity contribution in [2.45, 2.75) is 32.7 Å². The molecule has 0 spiro atoms. The summed E-state index contributed by atoms with van der Waals surface area (Å²) in [6.07, 6.45) is 3.12. The number of carbonyl (C=O) groups excluding carboxylic acids is 1. The number of ketones is 1. The molecule has 0 saturated heterocycles. The molecule has 0 aliphatic rings. The topological polar surface area (TPSA) is 58.7 Å². The highest BCUT2D eigenvalue weighted by atomic mass is 16.1. The van der Waals surface area contributed by atoms with Gasteiger partial charge >= 0.3 is 0 Å². The van der Waals surface area contributed by atoms with Crippen LogP contribution >= 0.6 is 0 Å². The van der Waals surface area contributed by atoms with Gasteiger partial charge in [-0.1, -0.05) is 6.92 Å². The smallest absolute Gasteiger partial charge is 0.181 e. The van der Waals surface area contributed by atoms with Crippen LogP contribution in [0.15, 0.2) is 12.3 Å². The lowest BCUT2D eigenvalue weighted by molar-refractivity contribution is 0.0973. The van der Waals surface area contributed by atoms with Crippen LogP contribution in [0.1, 0.15) is 36.7 Å². The van der Waals surface area contributed by atoms with E-state index in [0.29, 0.717) is 5.69 Å². The van der Waals surface area contributed by atoms with E-state index >= 15 is 0 Å². The lowest BCUT2D eigenvalue weighted by Gasteiger charge is -2.03. The molecule has 1 aromatic rings. The number of rotatable bonds is 5. The molecule has 4 heteroatoms. The monoisotopic (exact) mass is 191 g/mol. The predicted molar refractivity (Wildman–Crippen MR) is 51.7 cm³/mol. The Morgan fingerprint density at radius 3 is 3.14 bits per heavy atom. The van der Waals surface area contributed by atoms with Gasteiger partial charge in [0, 0.05) is 25.6 Å². The third kappa shape index (κ3) is 2.43. The molecule has 4 nitrogen and oxygen atoms in total. The van der Waals surface area contributed by atoms with Gasteiger partial charge in [-0.15, -0.1) is 0 Å². The van der Waals surface area contributed by atoms with Crippen LogP contribution in [0.2, 0.25) is 0 Å². The third-order valence-electron chi connectivity index (χ3n) is 1.90. The molecule has 0 N–H and O–H groups in total. The summed E-state index contributed by atoms with van der Waals surface area (Å²) in [7, 11) is 0. The van der Waals surface area contributed by atoms with Crippen LogP contribution in [-0.2, 0) is 6.54 Å². The summed E-state index contributed by atoms with van der Waals surface area (Å²) in [4.78, 5) is 11.5. The Hall–Kier alpha value is -1.63. The summed E-state index contributed by atoms with van der Waals surface area (Å²) < 4.78 is 1.69. The lowest BCUT2D eigenvalue weighted by Crippen LogP contribution is -2.10. The highest BCUT2D eigenvalue weighted by molar-refractivity contribution is 5.94. The van der Waals surface area contributed by atoms with Gasteiger partial charge in [0.2, 0.25) is 0 Å². The molecule has 0 fully saturated rings. The summed E-state index contributed by atoms with van der Waals surface area (Å²) in [6.45, 7) is 2.78. The van der Waals surface area contributed by atoms with E-state index in [2.05, 4.69) is 5.10 Å². The Balaban J connectivity index is 2.69. The van der Waals surface area contributed by atoms with Gasteiger partial charge in [-0.3, -0.25) is 9.48 Å². The van der Waals surface area contributed by atoms with Gasteiger partial charge in [-0.2, -0.15) is 10.4 Å². The van der Waals surface area contributed by atoms with Gasteiger partial charge in [0.15, 0.2) is 5.78 Å². The van der Waals surface area contributed by atoms with Crippen LogP contribution in [0.25, 0.3) is 0 Å². The van der Waals surface area contributed by atoms with Gasteiger partial charge < -0.3 is 0 Å². The number of aryl methyl sites for hydroxylation is 1. The molecule has 14 heavy (non-hydrogen) atoms. The van der Waals surface area contributed by atoms with Crippen molar-refractivity contribution in [2.75, 3.05) is 0 Å². The van der Waals surface area contributed by atoms with E-state index in [1.165, 1.54) is 0 Å². The van der Waals surface area contributed by atoms with E-state index in [-0.39, 0.29) is 18.6 Å². The molecule has 74 valence electrons. The van der Waals surface area contributed by atoms with Gasteiger partial charge in [-0.05, 0) is 12.5 Å². The number of hydrogen-bond donors (Lipinski definition) is 0. The van der Waals surface area contributed by atoms with Crippen LogP contribution in [0.4, 0.5) is 0 Å². The zero-order valence-corrected chi connectivity index (χ0v) is 8.23. The zero-order valence-electron chi connectivity index (χ0n) is 8.23. The van der Waals surface area contributed by atoms with Crippen molar-refractivity contribution in [2.24, 2.45) is 0 Å². The maximum absolute atomic E-state index is 11.5. The Morgan fingerprint density at radius 2 is 2.50 bits per heavy atom. The van der Waals surface area contributed by atoms with Crippen molar-refractivity contribution >= 4 is 5.78 Å². The van der Waals surface area contributed by atoms with Crippen molar-refractivity contribution in [3.63, 3.8) is 0 Å². The first-order valence-corrected chi connectivity index (χ1v) is 4.71. The SMILES string of the molecule is CCCn1nccc1C(=O)CCC#N. The number of Topliss-reactive ketones (excluding diaryl/α,β-unsaturated/α-hetero) is 1. The first kappa shape index (κ1) is 10.5. The van der Waals surface area contributed by atoms with Crippen molar-refractivity contribution in [1.82, 2.24) is 9.78 Å². The van der Waals surface area contributed by atoms with E-state index in [1.807, 2.05) is 13.0 Å².